The fourth-order valence-electron chi connectivity index (χ4n) is 1.73. The number of aliphatic hydroxyl groups is 1. The maximum absolute atomic E-state index is 9.52. The molecule has 1 rings (SSSR count). The molecule has 1 N–H and O–H groups in total. The summed E-state index contributed by atoms with van der Waals surface area (Å²) in [5.41, 5.74) is 1.10. The molecule has 1 radical (unpaired) electrons. The first-order chi connectivity index (χ1) is 6.08. The van der Waals surface area contributed by atoms with E-state index in [1.54, 1.807) is 5.57 Å². The first kappa shape index (κ1) is 10.8. The zero-order valence-corrected chi connectivity index (χ0v) is 8.84. The largest absolute Gasteiger partial charge is 0.390 e. The Morgan fingerprint density at radius 2 is 2.23 bits per heavy atom. The molecule has 1 heteroatoms. The molecule has 0 heterocycles. The van der Waals surface area contributed by atoms with Crippen LogP contribution in [0.5, 0.6) is 0 Å². The first-order valence-corrected chi connectivity index (χ1v) is 5.30. The highest BCUT2D eigenvalue weighted by Gasteiger charge is 2.12. The lowest BCUT2D eigenvalue weighted by Gasteiger charge is -2.18. The second kappa shape index (κ2) is 4.80. The lowest BCUT2D eigenvalue weighted by molar-refractivity contribution is 0.0689. The third-order valence-electron chi connectivity index (χ3n) is 2.53. The molecule has 0 unspecified atom stereocenters. The molecule has 75 valence electrons. The van der Waals surface area contributed by atoms with Crippen LogP contribution in [0.3, 0.4) is 0 Å². The van der Waals surface area contributed by atoms with E-state index in [2.05, 4.69) is 12.5 Å². The molecular weight excluding hydrogens is 160 g/mol. The molecule has 0 amide bonds. The van der Waals surface area contributed by atoms with Gasteiger partial charge < -0.3 is 5.11 Å². The molecule has 1 nitrogen and oxygen atoms in total. The van der Waals surface area contributed by atoms with Crippen molar-refractivity contribution in [2.24, 2.45) is 0 Å². The van der Waals surface area contributed by atoms with Gasteiger partial charge in [0, 0.05) is 0 Å². The van der Waals surface area contributed by atoms with E-state index in [1.807, 2.05) is 13.8 Å². The van der Waals surface area contributed by atoms with Crippen molar-refractivity contribution in [1.82, 2.24) is 0 Å². The summed E-state index contributed by atoms with van der Waals surface area (Å²) in [4.78, 5) is 0. The quantitative estimate of drug-likeness (QED) is 0.660. The highest BCUT2D eigenvalue weighted by molar-refractivity contribution is 5.08. The van der Waals surface area contributed by atoms with E-state index in [-0.39, 0.29) is 0 Å². The van der Waals surface area contributed by atoms with Crippen LogP contribution in [-0.2, 0) is 0 Å². The highest BCUT2D eigenvalue weighted by Crippen LogP contribution is 2.23. The zero-order chi connectivity index (χ0) is 9.73. The SMILES string of the molecule is CC(C)(O)CCCC1=CC[CH]CC1. The summed E-state index contributed by atoms with van der Waals surface area (Å²) in [7, 11) is 0. The van der Waals surface area contributed by atoms with Crippen molar-refractivity contribution in [3.8, 4) is 0 Å². The van der Waals surface area contributed by atoms with E-state index < -0.39 is 5.60 Å². The van der Waals surface area contributed by atoms with Crippen LogP contribution in [0.2, 0.25) is 0 Å². The predicted octanol–water partition coefficient (Wildman–Crippen LogP) is 3.24. The van der Waals surface area contributed by atoms with Crippen molar-refractivity contribution in [3.63, 3.8) is 0 Å². The fourth-order valence-corrected chi connectivity index (χ4v) is 1.73. The van der Waals surface area contributed by atoms with Crippen LogP contribution in [0.1, 0.15) is 52.4 Å². The van der Waals surface area contributed by atoms with E-state index in [9.17, 15) is 5.11 Å². The molecular formula is C12H21O. The summed E-state index contributed by atoms with van der Waals surface area (Å²) in [6.07, 6.45) is 11.5. The second-order valence-corrected chi connectivity index (χ2v) is 4.59. The second-order valence-electron chi connectivity index (χ2n) is 4.59. The van der Waals surface area contributed by atoms with Crippen LogP contribution < -0.4 is 0 Å². The van der Waals surface area contributed by atoms with Gasteiger partial charge in [0.1, 0.15) is 0 Å². The average molecular weight is 181 g/mol. The lowest BCUT2D eigenvalue weighted by atomic mass is 9.93. The molecule has 0 bridgehead atoms. The van der Waals surface area contributed by atoms with Gasteiger partial charge in [-0.1, -0.05) is 11.6 Å². The Hall–Kier alpha value is -0.300. The summed E-state index contributed by atoms with van der Waals surface area (Å²) in [6.45, 7) is 3.77. The Balaban J connectivity index is 2.15. The number of hydrogen-bond donors (Lipinski definition) is 1. The summed E-state index contributed by atoms with van der Waals surface area (Å²) >= 11 is 0. The molecule has 0 fully saturated rings. The molecule has 1 aliphatic rings. The van der Waals surface area contributed by atoms with Crippen LogP contribution in [0.4, 0.5) is 0 Å². The molecule has 1 aliphatic carbocycles. The molecule has 0 aliphatic heterocycles. The minimum absolute atomic E-state index is 0.485. The molecule has 0 saturated heterocycles. The van der Waals surface area contributed by atoms with E-state index in [4.69, 9.17) is 0 Å². The predicted molar refractivity (Wildman–Crippen MR) is 56.4 cm³/mol. The minimum Gasteiger partial charge on any atom is -0.390 e. The van der Waals surface area contributed by atoms with Crippen molar-refractivity contribution in [3.05, 3.63) is 18.1 Å². The first-order valence-electron chi connectivity index (χ1n) is 5.30. The number of allylic oxidation sites excluding steroid dienone is 2. The molecule has 0 aromatic rings. The van der Waals surface area contributed by atoms with Crippen LogP contribution in [0.25, 0.3) is 0 Å². The van der Waals surface area contributed by atoms with E-state index in [0.29, 0.717) is 0 Å². The van der Waals surface area contributed by atoms with E-state index in [1.165, 1.54) is 19.3 Å². The normalized spacial score (nSPS) is 18.5. The number of rotatable bonds is 4. The molecule has 0 spiro atoms. The van der Waals surface area contributed by atoms with E-state index in [0.717, 1.165) is 19.3 Å². The Morgan fingerprint density at radius 1 is 1.46 bits per heavy atom. The van der Waals surface area contributed by atoms with Gasteiger partial charge in [0.2, 0.25) is 0 Å². The average Bonchev–Trinajstić information content (AvgIpc) is 2.04. The minimum atomic E-state index is -0.485. The van der Waals surface area contributed by atoms with Crippen molar-refractivity contribution in [1.29, 1.82) is 0 Å². The summed E-state index contributed by atoms with van der Waals surface area (Å²) in [5, 5.41) is 9.52. The van der Waals surface area contributed by atoms with Gasteiger partial charge in [-0.25, -0.2) is 0 Å². The standard InChI is InChI=1S/C12H21O/c1-12(2,13)10-6-9-11-7-4-3-5-8-11/h3,7,13H,4-6,8-10H2,1-2H3. The number of hydrogen-bond acceptors (Lipinski definition) is 1. The maximum Gasteiger partial charge on any atom is 0.0591 e. The van der Waals surface area contributed by atoms with Gasteiger partial charge in [-0.2, -0.15) is 0 Å². The molecule has 0 saturated carbocycles. The fraction of sp³-hybridized carbons (Fsp3) is 0.750. The Labute approximate surface area is 81.9 Å². The molecule has 0 aromatic carbocycles. The topological polar surface area (TPSA) is 20.2 Å². The van der Waals surface area contributed by atoms with Crippen molar-refractivity contribution in [2.75, 3.05) is 0 Å². The molecule has 13 heavy (non-hydrogen) atoms. The maximum atomic E-state index is 9.52. The van der Waals surface area contributed by atoms with Gasteiger partial charge in [-0.05, 0) is 58.8 Å². The van der Waals surface area contributed by atoms with Crippen molar-refractivity contribution < 1.29 is 5.11 Å². The van der Waals surface area contributed by atoms with Crippen LogP contribution in [-0.4, -0.2) is 10.7 Å². The molecule has 0 atom stereocenters. The smallest absolute Gasteiger partial charge is 0.0591 e. The van der Waals surface area contributed by atoms with Gasteiger partial charge in [0.25, 0.3) is 0 Å². The van der Waals surface area contributed by atoms with Crippen LogP contribution in [0.15, 0.2) is 11.6 Å². The highest BCUT2D eigenvalue weighted by atomic mass is 16.3. The summed E-state index contributed by atoms with van der Waals surface area (Å²) in [6, 6.07) is 0. The van der Waals surface area contributed by atoms with Crippen molar-refractivity contribution >= 4 is 0 Å². The Morgan fingerprint density at radius 3 is 2.77 bits per heavy atom. The summed E-state index contributed by atoms with van der Waals surface area (Å²) < 4.78 is 0. The summed E-state index contributed by atoms with van der Waals surface area (Å²) in [5.74, 6) is 0. The van der Waals surface area contributed by atoms with Crippen LogP contribution >= 0.6 is 0 Å². The molecule has 0 aromatic heterocycles. The monoisotopic (exact) mass is 181 g/mol. The van der Waals surface area contributed by atoms with Gasteiger partial charge >= 0.3 is 0 Å². The lowest BCUT2D eigenvalue weighted by Crippen LogP contribution is -2.17. The third-order valence-corrected chi connectivity index (χ3v) is 2.53. The van der Waals surface area contributed by atoms with Crippen LogP contribution in [0, 0.1) is 6.42 Å². The van der Waals surface area contributed by atoms with E-state index >= 15 is 0 Å². The van der Waals surface area contributed by atoms with Gasteiger partial charge in [0.15, 0.2) is 0 Å². The Bertz CT molecular complexity index is 174. The third kappa shape index (κ3) is 5.09. The zero-order valence-electron chi connectivity index (χ0n) is 8.84. The van der Waals surface area contributed by atoms with Gasteiger partial charge in [0.05, 0.1) is 5.60 Å². The van der Waals surface area contributed by atoms with Gasteiger partial charge in [-0.15, -0.1) is 0 Å². The Kier molecular flexibility index (Phi) is 3.98. The van der Waals surface area contributed by atoms with Crippen molar-refractivity contribution in [2.45, 2.75) is 58.0 Å². The van der Waals surface area contributed by atoms with Gasteiger partial charge in [-0.3, -0.25) is 0 Å².